The first-order chi connectivity index (χ1) is 14.6. The zero-order chi connectivity index (χ0) is 21.2. The van der Waals surface area contributed by atoms with Gasteiger partial charge in [-0.05, 0) is 43.5 Å². The number of aromatic nitrogens is 2. The number of ether oxygens (including phenoxy) is 1. The minimum atomic E-state index is 0.0217. The highest BCUT2D eigenvalue weighted by atomic mass is 16.5. The van der Waals surface area contributed by atoms with E-state index >= 15 is 0 Å². The molecule has 6 nitrogen and oxygen atoms in total. The number of benzene rings is 2. The Morgan fingerprint density at radius 1 is 1.13 bits per heavy atom. The lowest BCUT2D eigenvalue weighted by Gasteiger charge is -2.18. The number of rotatable bonds is 9. The highest BCUT2D eigenvalue weighted by molar-refractivity contribution is 5.79. The quantitative estimate of drug-likeness (QED) is 0.420. The molecule has 2 aromatic carbocycles. The summed E-state index contributed by atoms with van der Waals surface area (Å²) in [6.07, 6.45) is 5.62. The van der Waals surface area contributed by atoms with Gasteiger partial charge in [0.15, 0.2) is 5.96 Å². The van der Waals surface area contributed by atoms with Crippen LogP contribution in [0.15, 0.2) is 72.2 Å². The van der Waals surface area contributed by atoms with Crippen molar-refractivity contribution in [1.29, 1.82) is 0 Å². The van der Waals surface area contributed by atoms with E-state index in [1.807, 2.05) is 30.7 Å². The molecule has 0 saturated heterocycles. The maximum Gasteiger partial charge on any atom is 0.191 e. The van der Waals surface area contributed by atoms with Crippen LogP contribution in [0, 0.1) is 6.92 Å². The van der Waals surface area contributed by atoms with Gasteiger partial charge in [-0.15, -0.1) is 0 Å². The summed E-state index contributed by atoms with van der Waals surface area (Å²) in [5.74, 6) is 1.71. The standard InChI is InChI=1S/C24H31N5O/c1-4-26-24(27-15-20(3)30-23-11-6-5-8-19(23)2)28-16-21-9-7-10-22(14-21)17-29-13-12-25-18-29/h5-14,18,20H,4,15-17H2,1-3H3,(H2,26,27,28). The highest BCUT2D eigenvalue weighted by Gasteiger charge is 2.07. The van der Waals surface area contributed by atoms with Gasteiger partial charge in [-0.1, -0.05) is 42.5 Å². The van der Waals surface area contributed by atoms with E-state index < -0.39 is 0 Å². The average molecular weight is 406 g/mol. The molecule has 0 radical (unpaired) electrons. The fourth-order valence-corrected chi connectivity index (χ4v) is 3.12. The number of aryl methyl sites for hydroxylation is 1. The second-order valence-electron chi connectivity index (χ2n) is 7.32. The van der Waals surface area contributed by atoms with Crippen molar-refractivity contribution in [2.24, 2.45) is 4.99 Å². The van der Waals surface area contributed by atoms with Gasteiger partial charge in [0.1, 0.15) is 11.9 Å². The van der Waals surface area contributed by atoms with Gasteiger partial charge in [0.05, 0.1) is 19.4 Å². The molecule has 0 saturated carbocycles. The van der Waals surface area contributed by atoms with E-state index in [1.54, 1.807) is 6.20 Å². The first kappa shape index (κ1) is 21.4. The number of guanidine groups is 1. The highest BCUT2D eigenvalue weighted by Crippen LogP contribution is 2.17. The smallest absolute Gasteiger partial charge is 0.191 e. The van der Waals surface area contributed by atoms with Crippen molar-refractivity contribution in [3.63, 3.8) is 0 Å². The average Bonchev–Trinajstić information content (AvgIpc) is 3.25. The molecule has 6 heteroatoms. The predicted molar refractivity (Wildman–Crippen MR) is 122 cm³/mol. The summed E-state index contributed by atoms with van der Waals surface area (Å²) in [6.45, 7) is 9.07. The Kier molecular flexibility index (Phi) is 7.89. The van der Waals surface area contributed by atoms with Gasteiger partial charge in [0, 0.05) is 25.5 Å². The third kappa shape index (κ3) is 6.65. The Morgan fingerprint density at radius 2 is 1.97 bits per heavy atom. The van der Waals surface area contributed by atoms with Crippen LogP contribution < -0.4 is 15.4 Å². The summed E-state index contributed by atoms with van der Waals surface area (Å²) in [6, 6.07) is 16.6. The van der Waals surface area contributed by atoms with Crippen LogP contribution in [0.3, 0.4) is 0 Å². The molecule has 0 aliphatic rings. The third-order valence-electron chi connectivity index (χ3n) is 4.66. The van der Waals surface area contributed by atoms with Crippen molar-refractivity contribution < 1.29 is 4.74 Å². The molecule has 158 valence electrons. The zero-order valence-corrected chi connectivity index (χ0v) is 18.0. The maximum atomic E-state index is 6.05. The zero-order valence-electron chi connectivity index (χ0n) is 18.0. The van der Waals surface area contributed by atoms with Gasteiger partial charge in [-0.3, -0.25) is 0 Å². The number of para-hydroxylation sites is 1. The summed E-state index contributed by atoms with van der Waals surface area (Å²) in [5.41, 5.74) is 3.55. The molecular weight excluding hydrogens is 374 g/mol. The van der Waals surface area contributed by atoms with Gasteiger partial charge >= 0.3 is 0 Å². The van der Waals surface area contributed by atoms with Gasteiger partial charge in [0.2, 0.25) is 0 Å². The van der Waals surface area contributed by atoms with E-state index in [9.17, 15) is 0 Å². The minimum absolute atomic E-state index is 0.0217. The Hall–Kier alpha value is -3.28. The molecule has 1 heterocycles. The van der Waals surface area contributed by atoms with E-state index in [0.29, 0.717) is 13.1 Å². The molecule has 1 aromatic heterocycles. The SMILES string of the molecule is CCNC(=NCc1cccc(Cn2ccnc2)c1)NCC(C)Oc1ccccc1C. The minimum Gasteiger partial charge on any atom is -0.489 e. The summed E-state index contributed by atoms with van der Waals surface area (Å²) in [5, 5.41) is 6.69. The Balaban J connectivity index is 1.55. The van der Waals surface area contributed by atoms with Gasteiger partial charge in [0.25, 0.3) is 0 Å². The number of imidazole rings is 1. The fourth-order valence-electron chi connectivity index (χ4n) is 3.12. The molecular formula is C24H31N5O. The molecule has 0 bridgehead atoms. The topological polar surface area (TPSA) is 63.5 Å². The molecule has 0 amide bonds. The molecule has 2 N–H and O–H groups in total. The first-order valence-electron chi connectivity index (χ1n) is 10.4. The van der Waals surface area contributed by atoms with Crippen LogP contribution in [0.4, 0.5) is 0 Å². The summed E-state index contributed by atoms with van der Waals surface area (Å²) < 4.78 is 8.11. The van der Waals surface area contributed by atoms with Gasteiger partial charge < -0.3 is 19.9 Å². The Morgan fingerprint density at radius 3 is 2.73 bits per heavy atom. The molecule has 1 unspecified atom stereocenters. The molecule has 0 fully saturated rings. The summed E-state index contributed by atoms with van der Waals surface area (Å²) >= 11 is 0. The number of nitrogens with one attached hydrogen (secondary N) is 2. The van der Waals surface area contributed by atoms with Gasteiger partial charge in [-0.2, -0.15) is 0 Å². The molecule has 3 aromatic rings. The van der Waals surface area contributed by atoms with Crippen molar-refractivity contribution >= 4 is 5.96 Å². The van der Waals surface area contributed by atoms with Gasteiger partial charge in [-0.25, -0.2) is 9.98 Å². The first-order valence-corrected chi connectivity index (χ1v) is 10.4. The van der Waals surface area contributed by atoms with Crippen molar-refractivity contribution in [2.75, 3.05) is 13.1 Å². The lowest BCUT2D eigenvalue weighted by atomic mass is 10.1. The van der Waals surface area contributed by atoms with Crippen LogP contribution in [-0.4, -0.2) is 34.7 Å². The van der Waals surface area contributed by atoms with Crippen molar-refractivity contribution in [3.05, 3.63) is 83.9 Å². The van der Waals surface area contributed by atoms with Crippen LogP contribution >= 0.6 is 0 Å². The molecule has 1 atom stereocenters. The lowest BCUT2D eigenvalue weighted by Crippen LogP contribution is -2.41. The lowest BCUT2D eigenvalue weighted by molar-refractivity contribution is 0.222. The number of aliphatic imine (C=N–C) groups is 1. The Labute approximate surface area is 179 Å². The summed E-state index contributed by atoms with van der Waals surface area (Å²) in [7, 11) is 0. The van der Waals surface area contributed by atoms with E-state index in [2.05, 4.69) is 71.3 Å². The van der Waals surface area contributed by atoms with E-state index in [4.69, 9.17) is 9.73 Å². The second kappa shape index (κ2) is 11.0. The van der Waals surface area contributed by atoms with Crippen LogP contribution in [0.2, 0.25) is 0 Å². The van der Waals surface area contributed by atoms with Crippen LogP contribution in [0.1, 0.15) is 30.5 Å². The fraction of sp³-hybridized carbons (Fsp3) is 0.333. The van der Waals surface area contributed by atoms with Crippen LogP contribution in [-0.2, 0) is 13.1 Å². The monoisotopic (exact) mass is 405 g/mol. The molecule has 30 heavy (non-hydrogen) atoms. The number of hydrogen-bond donors (Lipinski definition) is 2. The van der Waals surface area contributed by atoms with Crippen LogP contribution in [0.5, 0.6) is 5.75 Å². The molecule has 0 aliphatic carbocycles. The number of nitrogens with zero attached hydrogens (tertiary/aromatic N) is 3. The van der Waals surface area contributed by atoms with E-state index in [-0.39, 0.29) is 6.10 Å². The largest absolute Gasteiger partial charge is 0.489 e. The maximum absolute atomic E-state index is 6.05. The number of hydrogen-bond acceptors (Lipinski definition) is 3. The third-order valence-corrected chi connectivity index (χ3v) is 4.66. The predicted octanol–water partition coefficient (Wildman–Crippen LogP) is 3.76. The van der Waals surface area contributed by atoms with E-state index in [1.165, 1.54) is 11.1 Å². The second-order valence-corrected chi connectivity index (χ2v) is 7.32. The Bertz CT molecular complexity index is 936. The van der Waals surface area contributed by atoms with Crippen molar-refractivity contribution in [2.45, 2.75) is 40.0 Å². The van der Waals surface area contributed by atoms with Crippen molar-refractivity contribution in [1.82, 2.24) is 20.2 Å². The van der Waals surface area contributed by atoms with Crippen LogP contribution in [0.25, 0.3) is 0 Å². The normalized spacial score (nSPS) is 12.4. The molecule has 3 rings (SSSR count). The van der Waals surface area contributed by atoms with Crippen molar-refractivity contribution in [3.8, 4) is 5.75 Å². The molecule has 0 aliphatic heterocycles. The molecule has 0 spiro atoms. The van der Waals surface area contributed by atoms with E-state index in [0.717, 1.165) is 30.4 Å². The summed E-state index contributed by atoms with van der Waals surface area (Å²) in [4.78, 5) is 8.84.